The molecule has 0 saturated carbocycles. The van der Waals surface area contributed by atoms with E-state index in [0.29, 0.717) is 5.56 Å². The fraction of sp³-hybridized carbons (Fsp3) is 0.286. The third-order valence-electron chi connectivity index (χ3n) is 4.96. The number of benzene rings is 2. The molecule has 4 rings (SSSR count). The van der Waals surface area contributed by atoms with Crippen molar-refractivity contribution >= 4 is 11.0 Å². The van der Waals surface area contributed by atoms with E-state index in [1.165, 1.54) is 37.4 Å². The van der Waals surface area contributed by atoms with E-state index in [0.717, 1.165) is 6.07 Å². The van der Waals surface area contributed by atoms with Crippen LogP contribution in [0.1, 0.15) is 0 Å². The van der Waals surface area contributed by atoms with Gasteiger partial charge in [0.15, 0.2) is 11.5 Å². The summed E-state index contributed by atoms with van der Waals surface area (Å²) in [7, 11) is 1.38. The van der Waals surface area contributed by atoms with Gasteiger partial charge >= 0.3 is 11.3 Å². The number of aromatic hydroxyl groups is 3. The molecule has 0 amide bonds. The number of phenols is 3. The summed E-state index contributed by atoms with van der Waals surface area (Å²) >= 11 is 0. The Morgan fingerprint density at radius 2 is 1.71 bits per heavy atom. The normalized spacial score (nSPS) is 23.6. The molecule has 31 heavy (non-hydrogen) atoms. The van der Waals surface area contributed by atoms with Crippen LogP contribution in [-0.2, 0) is 4.74 Å². The van der Waals surface area contributed by atoms with Gasteiger partial charge in [0.1, 0.15) is 35.2 Å². The highest BCUT2D eigenvalue weighted by Gasteiger charge is 2.40. The lowest BCUT2D eigenvalue weighted by Gasteiger charge is -2.34. The molecule has 1 saturated heterocycles. The Kier molecular flexibility index (Phi) is 5.46. The first-order valence-electron chi connectivity index (χ1n) is 9.31. The zero-order valence-corrected chi connectivity index (χ0v) is 16.3. The van der Waals surface area contributed by atoms with Crippen LogP contribution < -0.4 is 9.47 Å². The van der Waals surface area contributed by atoms with E-state index in [1.807, 2.05) is 0 Å². The van der Waals surface area contributed by atoms with Crippen molar-refractivity contribution in [1.29, 1.82) is 0 Å². The van der Waals surface area contributed by atoms with Crippen LogP contribution in [0.3, 0.4) is 0 Å². The van der Waals surface area contributed by atoms with Crippen LogP contribution in [0.5, 0.6) is 28.7 Å². The molecule has 0 aliphatic carbocycles. The van der Waals surface area contributed by atoms with Gasteiger partial charge in [0.05, 0.1) is 25.3 Å². The lowest BCUT2D eigenvalue weighted by Crippen LogP contribution is -2.54. The third kappa shape index (κ3) is 3.89. The van der Waals surface area contributed by atoms with Gasteiger partial charge in [-0.2, -0.15) is 0 Å². The number of ether oxygens (including phenoxy) is 3. The van der Waals surface area contributed by atoms with Gasteiger partial charge in [0, 0.05) is 18.2 Å². The number of hydrogen-bond acceptors (Lipinski definition) is 9. The van der Waals surface area contributed by atoms with Crippen LogP contribution in [0.15, 0.2) is 40.8 Å². The molecule has 6 N–H and O–H groups in total. The van der Waals surface area contributed by atoms with Crippen molar-refractivity contribution in [2.75, 3.05) is 13.7 Å². The number of aliphatic hydroxyl groups excluding tert-OH is 3. The number of fused-ring (bicyclic) bond motifs is 1. The molecule has 1 aromatic heterocycles. The van der Waals surface area contributed by atoms with Crippen molar-refractivity contribution in [2.45, 2.75) is 24.6 Å². The molecule has 1 aliphatic heterocycles. The molecule has 10 heteroatoms. The second kappa shape index (κ2) is 8.08. The van der Waals surface area contributed by atoms with E-state index < -0.39 is 24.6 Å². The SMILES string of the molecule is COc1cc(-c2[o+]c3cc(O)cc(O)c3cc2O[C@@H]2OC[C@@H](O)[C@H](O)[C@H]2O)ccc1O. The number of rotatable bonds is 4. The third-order valence-corrected chi connectivity index (χ3v) is 4.96. The monoisotopic (exact) mass is 433 g/mol. The Morgan fingerprint density at radius 1 is 0.935 bits per heavy atom. The molecule has 2 aromatic carbocycles. The van der Waals surface area contributed by atoms with E-state index in [1.54, 1.807) is 0 Å². The number of methoxy groups -OCH3 is 1. The molecule has 0 bridgehead atoms. The Hall–Kier alpha value is -3.31. The first-order valence-corrected chi connectivity index (χ1v) is 9.31. The van der Waals surface area contributed by atoms with Gasteiger partial charge in [0.2, 0.25) is 12.0 Å². The smallest absolute Gasteiger partial charge is 0.402 e. The summed E-state index contributed by atoms with van der Waals surface area (Å²) in [5.41, 5.74) is 0.535. The molecule has 4 atom stereocenters. The fourth-order valence-electron chi connectivity index (χ4n) is 3.30. The van der Waals surface area contributed by atoms with E-state index in [-0.39, 0.29) is 52.1 Å². The average Bonchev–Trinajstić information content (AvgIpc) is 2.74. The van der Waals surface area contributed by atoms with E-state index in [4.69, 9.17) is 18.6 Å². The summed E-state index contributed by atoms with van der Waals surface area (Å²) in [6, 6.07) is 8.21. The summed E-state index contributed by atoms with van der Waals surface area (Å²) in [5, 5.41) is 59.9. The highest BCUT2D eigenvalue weighted by atomic mass is 16.7. The molecular weight excluding hydrogens is 412 g/mol. The van der Waals surface area contributed by atoms with Crippen LogP contribution in [0.25, 0.3) is 22.3 Å². The van der Waals surface area contributed by atoms with Gasteiger partial charge in [-0.25, -0.2) is 4.42 Å². The zero-order valence-electron chi connectivity index (χ0n) is 16.3. The molecule has 1 aliphatic rings. The standard InChI is InChI=1S/C21H20O10/c1-28-16-4-9(2-3-12(16)23)20-17(31-21-19(27)18(26)14(25)8-29-21)7-11-13(24)5-10(22)6-15(11)30-20/h2-7,14,18-19,21,25-27H,8H2,1H3,(H2-,22,23,24)/p+1/t14-,18+,19-,21+/m1/s1. The van der Waals surface area contributed by atoms with Gasteiger partial charge in [-0.3, -0.25) is 0 Å². The van der Waals surface area contributed by atoms with Crippen molar-refractivity contribution in [3.8, 4) is 40.1 Å². The molecular formula is C21H21O10+. The number of hydrogen-bond donors (Lipinski definition) is 6. The largest absolute Gasteiger partial charge is 0.507 e. The number of phenolic OH excluding ortho intramolecular Hbond substituents is 3. The molecule has 164 valence electrons. The lowest BCUT2D eigenvalue weighted by molar-refractivity contribution is -0.242. The van der Waals surface area contributed by atoms with Crippen molar-refractivity contribution in [2.24, 2.45) is 0 Å². The van der Waals surface area contributed by atoms with Crippen LogP contribution in [0.2, 0.25) is 0 Å². The summed E-state index contributed by atoms with van der Waals surface area (Å²) in [5.74, 6) is -0.321. The minimum atomic E-state index is -1.56. The second-order valence-corrected chi connectivity index (χ2v) is 7.07. The predicted molar refractivity (Wildman–Crippen MR) is 106 cm³/mol. The first-order chi connectivity index (χ1) is 14.8. The van der Waals surface area contributed by atoms with Crippen LogP contribution in [-0.4, -0.2) is 69.0 Å². The Balaban J connectivity index is 1.85. The van der Waals surface area contributed by atoms with E-state index >= 15 is 0 Å². The van der Waals surface area contributed by atoms with Crippen molar-refractivity contribution in [1.82, 2.24) is 0 Å². The van der Waals surface area contributed by atoms with Gasteiger partial charge in [-0.1, -0.05) is 0 Å². The summed E-state index contributed by atoms with van der Waals surface area (Å²) < 4.78 is 22.1. The quantitative estimate of drug-likeness (QED) is 0.331. The molecule has 0 unspecified atom stereocenters. The van der Waals surface area contributed by atoms with Gasteiger partial charge in [-0.15, -0.1) is 0 Å². The minimum Gasteiger partial charge on any atom is -0.507 e. The maximum Gasteiger partial charge on any atom is 0.402 e. The van der Waals surface area contributed by atoms with E-state index in [9.17, 15) is 30.6 Å². The fourth-order valence-corrected chi connectivity index (χ4v) is 3.30. The topological polar surface area (TPSA) is 160 Å². The summed E-state index contributed by atoms with van der Waals surface area (Å²) in [6.07, 6.45) is -5.67. The number of aliphatic hydroxyl groups is 3. The van der Waals surface area contributed by atoms with Crippen molar-refractivity contribution < 1.29 is 49.3 Å². The second-order valence-electron chi connectivity index (χ2n) is 7.07. The van der Waals surface area contributed by atoms with Crippen LogP contribution >= 0.6 is 0 Å². The Bertz CT molecular complexity index is 1120. The average molecular weight is 433 g/mol. The zero-order chi connectivity index (χ0) is 22.3. The molecule has 0 radical (unpaired) electrons. The summed E-state index contributed by atoms with van der Waals surface area (Å²) in [6.45, 7) is -0.269. The Morgan fingerprint density at radius 3 is 2.45 bits per heavy atom. The molecule has 1 fully saturated rings. The Labute approximate surface area is 175 Å². The highest BCUT2D eigenvalue weighted by Crippen LogP contribution is 2.42. The van der Waals surface area contributed by atoms with Gasteiger partial charge in [-0.05, 0) is 12.1 Å². The van der Waals surface area contributed by atoms with Crippen LogP contribution in [0.4, 0.5) is 0 Å². The predicted octanol–water partition coefficient (Wildman–Crippen LogP) is 1.32. The van der Waals surface area contributed by atoms with E-state index in [2.05, 4.69) is 0 Å². The van der Waals surface area contributed by atoms with Crippen molar-refractivity contribution in [3.05, 3.63) is 36.4 Å². The molecule has 0 spiro atoms. The minimum absolute atomic E-state index is 0.0221. The van der Waals surface area contributed by atoms with Crippen molar-refractivity contribution in [3.63, 3.8) is 0 Å². The maximum absolute atomic E-state index is 10.2. The lowest BCUT2D eigenvalue weighted by atomic mass is 10.1. The van der Waals surface area contributed by atoms with Crippen LogP contribution in [0, 0.1) is 0 Å². The van der Waals surface area contributed by atoms with Gasteiger partial charge < -0.3 is 44.8 Å². The highest BCUT2D eigenvalue weighted by molar-refractivity contribution is 5.88. The molecule has 10 nitrogen and oxygen atoms in total. The molecule has 2 heterocycles. The maximum atomic E-state index is 10.2. The summed E-state index contributed by atoms with van der Waals surface area (Å²) in [4.78, 5) is 0. The molecule has 3 aromatic rings. The van der Waals surface area contributed by atoms with Gasteiger partial charge in [0.25, 0.3) is 0 Å². The first kappa shape index (κ1) is 20.9.